The third-order valence-electron chi connectivity index (χ3n) is 1.98. The molecule has 0 aliphatic carbocycles. The fourth-order valence-corrected chi connectivity index (χ4v) is 2.08. The van der Waals surface area contributed by atoms with Crippen LogP contribution in [0, 0.1) is 9.52 Å². The number of benzene rings is 1. The van der Waals surface area contributed by atoms with Gasteiger partial charge in [-0.3, -0.25) is 4.68 Å². The fraction of sp³-hybridized carbons (Fsp3) is 0.222. The molecule has 0 unspecified atom stereocenters. The summed E-state index contributed by atoms with van der Waals surface area (Å²) in [5, 5.41) is 5.12. The number of nitrogens with zero attached hydrogens (tertiary/aromatic N) is 2. The Kier molecular flexibility index (Phi) is 2.23. The topological polar surface area (TPSA) is 17.8 Å². The Bertz CT molecular complexity index is 450. The van der Waals surface area contributed by atoms with Crippen molar-refractivity contribution in [2.45, 2.75) is 13.5 Å². The van der Waals surface area contributed by atoms with Crippen molar-refractivity contribution in [3.8, 4) is 0 Å². The third-order valence-corrected chi connectivity index (χ3v) is 2.77. The summed E-state index contributed by atoms with van der Waals surface area (Å²) in [5.74, 6) is -0.199. The van der Waals surface area contributed by atoms with Crippen LogP contribution in [-0.4, -0.2) is 9.78 Å². The molecular formula is C9H8FIN2. The van der Waals surface area contributed by atoms with Crippen molar-refractivity contribution in [1.29, 1.82) is 0 Å². The van der Waals surface area contributed by atoms with Gasteiger partial charge in [0.15, 0.2) is 0 Å². The minimum Gasteiger partial charge on any atom is -0.261 e. The van der Waals surface area contributed by atoms with E-state index >= 15 is 0 Å². The molecule has 0 bridgehead atoms. The molecule has 0 radical (unpaired) electrons. The van der Waals surface area contributed by atoms with Crippen molar-refractivity contribution in [1.82, 2.24) is 9.78 Å². The molecule has 0 saturated carbocycles. The number of hydrogen-bond donors (Lipinski definition) is 0. The number of aromatic nitrogens is 2. The zero-order chi connectivity index (χ0) is 9.42. The Morgan fingerprint density at radius 2 is 2.31 bits per heavy atom. The Hall–Kier alpha value is -0.650. The smallest absolute Gasteiger partial charge is 0.149 e. The van der Waals surface area contributed by atoms with Gasteiger partial charge in [-0.25, -0.2) is 4.39 Å². The molecule has 0 N–H and O–H groups in total. The van der Waals surface area contributed by atoms with Crippen LogP contribution in [0.4, 0.5) is 4.39 Å². The van der Waals surface area contributed by atoms with Gasteiger partial charge in [-0.1, -0.05) is 6.07 Å². The third kappa shape index (κ3) is 1.33. The molecule has 2 aromatic rings. The normalized spacial score (nSPS) is 11.0. The van der Waals surface area contributed by atoms with Crippen molar-refractivity contribution in [3.63, 3.8) is 0 Å². The highest BCUT2D eigenvalue weighted by Crippen LogP contribution is 2.22. The van der Waals surface area contributed by atoms with Crippen LogP contribution in [0.3, 0.4) is 0 Å². The molecule has 0 fully saturated rings. The predicted octanol–water partition coefficient (Wildman–Crippen LogP) is 2.80. The standard InChI is InChI=1S/C9H8FIN2/c1-2-13-8-6(9(11)12-13)4-3-5-7(8)10/h3-5H,2H2,1H3. The lowest BCUT2D eigenvalue weighted by Gasteiger charge is -1.97. The van der Waals surface area contributed by atoms with E-state index in [0.29, 0.717) is 12.1 Å². The molecule has 2 nitrogen and oxygen atoms in total. The van der Waals surface area contributed by atoms with E-state index in [0.717, 1.165) is 9.09 Å². The predicted molar refractivity (Wildman–Crippen MR) is 58.1 cm³/mol. The van der Waals surface area contributed by atoms with E-state index in [-0.39, 0.29) is 5.82 Å². The molecule has 68 valence electrons. The average molecular weight is 290 g/mol. The summed E-state index contributed by atoms with van der Waals surface area (Å²) in [4.78, 5) is 0. The second-order valence-electron chi connectivity index (χ2n) is 2.74. The van der Waals surface area contributed by atoms with Crippen molar-refractivity contribution < 1.29 is 4.39 Å². The highest BCUT2D eigenvalue weighted by atomic mass is 127. The highest BCUT2D eigenvalue weighted by Gasteiger charge is 2.10. The molecule has 0 spiro atoms. The molecule has 1 aromatic heterocycles. The lowest BCUT2D eigenvalue weighted by atomic mass is 10.2. The van der Waals surface area contributed by atoms with E-state index < -0.39 is 0 Å². The number of hydrogen-bond acceptors (Lipinski definition) is 1. The molecule has 0 amide bonds. The maximum atomic E-state index is 13.4. The van der Waals surface area contributed by atoms with Gasteiger partial charge in [-0.15, -0.1) is 0 Å². The Morgan fingerprint density at radius 1 is 1.54 bits per heavy atom. The second kappa shape index (κ2) is 3.25. The molecule has 0 aliphatic heterocycles. The monoisotopic (exact) mass is 290 g/mol. The quantitative estimate of drug-likeness (QED) is 0.738. The molecule has 4 heteroatoms. The zero-order valence-corrected chi connectivity index (χ0v) is 9.25. The summed E-state index contributed by atoms with van der Waals surface area (Å²) in [5.41, 5.74) is 0.606. The van der Waals surface area contributed by atoms with Crippen LogP contribution in [0.1, 0.15) is 6.92 Å². The molecule has 13 heavy (non-hydrogen) atoms. The van der Waals surface area contributed by atoms with Crippen molar-refractivity contribution >= 4 is 33.5 Å². The summed E-state index contributed by atoms with van der Waals surface area (Å²) in [6.45, 7) is 2.65. The molecule has 0 aliphatic rings. The first-order chi connectivity index (χ1) is 6.24. The summed E-state index contributed by atoms with van der Waals surface area (Å²) >= 11 is 2.12. The van der Waals surface area contributed by atoms with E-state index in [1.54, 1.807) is 10.7 Å². The first-order valence-electron chi connectivity index (χ1n) is 4.04. The van der Waals surface area contributed by atoms with Crippen molar-refractivity contribution in [2.75, 3.05) is 0 Å². The zero-order valence-electron chi connectivity index (χ0n) is 7.09. The first kappa shape index (κ1) is 8.93. The van der Waals surface area contributed by atoms with Crippen LogP contribution in [0.2, 0.25) is 0 Å². The van der Waals surface area contributed by atoms with E-state index in [1.807, 2.05) is 13.0 Å². The lowest BCUT2D eigenvalue weighted by Crippen LogP contribution is -1.97. The molecule has 1 heterocycles. The molecule has 0 saturated heterocycles. The average Bonchev–Trinajstić information content (AvgIpc) is 2.45. The number of halogens is 2. The fourth-order valence-electron chi connectivity index (χ4n) is 1.38. The van der Waals surface area contributed by atoms with Crippen molar-refractivity contribution in [3.05, 3.63) is 27.7 Å². The van der Waals surface area contributed by atoms with Gasteiger partial charge in [0.05, 0.1) is 0 Å². The van der Waals surface area contributed by atoms with E-state index in [2.05, 4.69) is 27.7 Å². The van der Waals surface area contributed by atoms with Crippen molar-refractivity contribution in [2.24, 2.45) is 0 Å². The largest absolute Gasteiger partial charge is 0.261 e. The summed E-state index contributed by atoms with van der Waals surface area (Å²) in [7, 11) is 0. The lowest BCUT2D eigenvalue weighted by molar-refractivity contribution is 0.609. The van der Waals surface area contributed by atoms with Gasteiger partial charge in [0.1, 0.15) is 15.0 Å². The second-order valence-corrected chi connectivity index (χ2v) is 3.76. The van der Waals surface area contributed by atoms with Crippen LogP contribution in [-0.2, 0) is 6.54 Å². The minimum absolute atomic E-state index is 0.199. The van der Waals surface area contributed by atoms with Gasteiger partial charge >= 0.3 is 0 Å². The molecular weight excluding hydrogens is 282 g/mol. The van der Waals surface area contributed by atoms with Gasteiger partial charge < -0.3 is 0 Å². The number of aryl methyl sites for hydroxylation is 1. The molecule has 1 aromatic carbocycles. The van der Waals surface area contributed by atoms with Gasteiger partial charge in [0.25, 0.3) is 0 Å². The number of rotatable bonds is 1. The maximum absolute atomic E-state index is 13.4. The summed E-state index contributed by atoms with van der Waals surface area (Å²) in [6, 6.07) is 5.06. The van der Waals surface area contributed by atoms with E-state index in [9.17, 15) is 4.39 Å². The maximum Gasteiger partial charge on any atom is 0.149 e. The Balaban J connectivity index is 2.89. The number of para-hydroxylation sites is 1. The van der Waals surface area contributed by atoms with Crippen LogP contribution < -0.4 is 0 Å². The Labute approximate surface area is 88.9 Å². The van der Waals surface area contributed by atoms with Crippen LogP contribution in [0.5, 0.6) is 0 Å². The minimum atomic E-state index is -0.199. The highest BCUT2D eigenvalue weighted by molar-refractivity contribution is 14.1. The van der Waals surface area contributed by atoms with Crippen LogP contribution in [0.25, 0.3) is 10.9 Å². The van der Waals surface area contributed by atoms with E-state index in [1.165, 1.54) is 6.07 Å². The molecule has 2 rings (SSSR count). The van der Waals surface area contributed by atoms with Gasteiger partial charge in [-0.05, 0) is 41.6 Å². The summed E-state index contributed by atoms with van der Waals surface area (Å²) in [6.07, 6.45) is 0. The SMILES string of the molecule is CCn1nc(I)c2cccc(F)c21. The number of fused-ring (bicyclic) bond motifs is 1. The van der Waals surface area contributed by atoms with Gasteiger partial charge in [0, 0.05) is 11.9 Å². The molecule has 0 atom stereocenters. The van der Waals surface area contributed by atoms with Gasteiger partial charge in [-0.2, -0.15) is 5.10 Å². The Morgan fingerprint density at radius 3 is 3.00 bits per heavy atom. The van der Waals surface area contributed by atoms with E-state index in [4.69, 9.17) is 0 Å². The first-order valence-corrected chi connectivity index (χ1v) is 5.12. The summed E-state index contributed by atoms with van der Waals surface area (Å²) < 4.78 is 15.9. The van der Waals surface area contributed by atoms with Crippen LogP contribution >= 0.6 is 22.6 Å². The van der Waals surface area contributed by atoms with Gasteiger partial charge in [0.2, 0.25) is 0 Å². The van der Waals surface area contributed by atoms with Crippen LogP contribution in [0.15, 0.2) is 18.2 Å².